The van der Waals surface area contributed by atoms with Crippen LogP contribution in [0.4, 0.5) is 0 Å². The van der Waals surface area contributed by atoms with Gasteiger partial charge in [-0.3, -0.25) is 0 Å². The van der Waals surface area contributed by atoms with Crippen molar-refractivity contribution in [2.75, 3.05) is 7.05 Å². The van der Waals surface area contributed by atoms with Crippen molar-refractivity contribution >= 4 is 15.9 Å². The summed E-state index contributed by atoms with van der Waals surface area (Å²) < 4.78 is 1.16. The number of nitrogens with one attached hydrogen (secondary N) is 1. The molecule has 0 amide bonds. The van der Waals surface area contributed by atoms with Gasteiger partial charge >= 0.3 is 0 Å². The minimum absolute atomic E-state index is 0.474. The van der Waals surface area contributed by atoms with E-state index in [1.807, 2.05) is 7.05 Å². The van der Waals surface area contributed by atoms with Crippen LogP contribution in [0.2, 0.25) is 0 Å². The highest BCUT2D eigenvalue weighted by atomic mass is 79.9. The maximum absolute atomic E-state index is 3.53. The third-order valence-electron chi connectivity index (χ3n) is 3.32. The fourth-order valence-electron chi connectivity index (χ4n) is 2.10. The van der Waals surface area contributed by atoms with Crippen LogP contribution in [0, 0.1) is 5.92 Å². The average Bonchev–Trinajstić information content (AvgIpc) is 2.31. The zero-order valence-electron chi connectivity index (χ0n) is 10.5. The van der Waals surface area contributed by atoms with Crippen LogP contribution in [0.15, 0.2) is 28.7 Å². The second kappa shape index (κ2) is 7.08. The van der Waals surface area contributed by atoms with Gasteiger partial charge in [0.15, 0.2) is 0 Å². The second-order valence-electron chi connectivity index (χ2n) is 4.31. The van der Waals surface area contributed by atoms with Crippen LogP contribution in [0.5, 0.6) is 0 Å². The van der Waals surface area contributed by atoms with E-state index in [4.69, 9.17) is 0 Å². The van der Waals surface area contributed by atoms with Crippen molar-refractivity contribution < 1.29 is 0 Å². The fraction of sp³-hybridized carbons (Fsp3) is 0.571. The molecule has 0 heterocycles. The smallest absolute Gasteiger partial charge is 0.0320 e. The van der Waals surface area contributed by atoms with E-state index in [9.17, 15) is 0 Å². The van der Waals surface area contributed by atoms with Gasteiger partial charge in [-0.15, -0.1) is 0 Å². The van der Waals surface area contributed by atoms with Gasteiger partial charge in [-0.2, -0.15) is 0 Å². The largest absolute Gasteiger partial charge is 0.313 e. The molecule has 1 aromatic rings. The van der Waals surface area contributed by atoms with E-state index >= 15 is 0 Å². The molecule has 0 radical (unpaired) electrons. The maximum atomic E-state index is 3.53. The van der Waals surface area contributed by atoms with Crippen molar-refractivity contribution in [2.24, 2.45) is 5.92 Å². The number of rotatable bonds is 6. The Morgan fingerprint density at radius 2 is 1.94 bits per heavy atom. The van der Waals surface area contributed by atoms with Gasteiger partial charge < -0.3 is 5.32 Å². The average molecular weight is 284 g/mol. The van der Waals surface area contributed by atoms with Crippen LogP contribution >= 0.6 is 15.9 Å². The Hall–Kier alpha value is -0.340. The monoisotopic (exact) mass is 283 g/mol. The van der Waals surface area contributed by atoms with Crippen molar-refractivity contribution in [1.82, 2.24) is 5.32 Å². The molecule has 1 unspecified atom stereocenters. The molecule has 2 heteroatoms. The maximum Gasteiger partial charge on any atom is 0.0320 e. The van der Waals surface area contributed by atoms with Gasteiger partial charge in [0, 0.05) is 10.5 Å². The number of hydrogen-bond donors (Lipinski definition) is 1. The summed E-state index contributed by atoms with van der Waals surface area (Å²) in [5.74, 6) is 0.816. The third-order valence-corrected chi connectivity index (χ3v) is 3.82. The molecular weight excluding hydrogens is 262 g/mol. The summed E-state index contributed by atoms with van der Waals surface area (Å²) in [4.78, 5) is 0. The van der Waals surface area contributed by atoms with Crippen molar-refractivity contribution in [3.05, 3.63) is 34.3 Å². The number of benzene rings is 1. The fourth-order valence-corrected chi connectivity index (χ4v) is 2.52. The molecule has 0 aliphatic heterocycles. The first-order valence-corrected chi connectivity index (χ1v) is 6.93. The van der Waals surface area contributed by atoms with Crippen LogP contribution in [-0.4, -0.2) is 7.05 Å². The van der Waals surface area contributed by atoms with Crippen LogP contribution in [0.1, 0.15) is 44.7 Å². The molecule has 0 bridgehead atoms. The Balaban J connectivity index is 2.74. The van der Waals surface area contributed by atoms with Gasteiger partial charge in [0.2, 0.25) is 0 Å². The van der Waals surface area contributed by atoms with E-state index in [0.717, 1.165) is 10.4 Å². The molecular formula is C14H22BrN. The Bertz CT molecular complexity index is 307. The topological polar surface area (TPSA) is 12.0 Å². The van der Waals surface area contributed by atoms with E-state index in [2.05, 4.69) is 59.4 Å². The highest BCUT2D eigenvalue weighted by molar-refractivity contribution is 9.10. The number of hydrogen-bond acceptors (Lipinski definition) is 1. The van der Waals surface area contributed by atoms with Gasteiger partial charge in [0.25, 0.3) is 0 Å². The third kappa shape index (κ3) is 3.91. The molecule has 0 fully saturated rings. The summed E-state index contributed by atoms with van der Waals surface area (Å²) >= 11 is 3.53. The predicted octanol–water partition coefficient (Wildman–Crippen LogP) is 4.54. The second-order valence-corrected chi connectivity index (χ2v) is 5.23. The van der Waals surface area contributed by atoms with E-state index in [0.29, 0.717) is 6.04 Å². The molecule has 0 aliphatic rings. The minimum Gasteiger partial charge on any atom is -0.313 e. The summed E-state index contributed by atoms with van der Waals surface area (Å²) in [5.41, 5.74) is 1.38. The standard InChI is InChI=1S/C14H22BrN/c1-4-11(5-2)9-14(16-3)12-7-6-8-13(15)10-12/h6-8,10-11,14,16H,4-5,9H2,1-3H3. The van der Waals surface area contributed by atoms with E-state index in [-0.39, 0.29) is 0 Å². The molecule has 1 aromatic carbocycles. The first-order chi connectivity index (χ1) is 7.71. The quantitative estimate of drug-likeness (QED) is 0.809. The van der Waals surface area contributed by atoms with Crippen molar-refractivity contribution in [2.45, 2.75) is 39.2 Å². The Kier molecular flexibility index (Phi) is 6.07. The lowest BCUT2D eigenvalue weighted by atomic mass is 9.91. The zero-order chi connectivity index (χ0) is 12.0. The van der Waals surface area contributed by atoms with E-state index in [1.54, 1.807) is 0 Å². The molecule has 1 rings (SSSR count). The Labute approximate surface area is 108 Å². The summed E-state index contributed by atoms with van der Waals surface area (Å²) in [6.07, 6.45) is 3.76. The lowest BCUT2D eigenvalue weighted by molar-refractivity contribution is 0.385. The van der Waals surface area contributed by atoms with E-state index < -0.39 is 0 Å². The van der Waals surface area contributed by atoms with Gasteiger partial charge in [-0.25, -0.2) is 0 Å². The molecule has 0 aromatic heterocycles. The molecule has 0 saturated heterocycles. The van der Waals surface area contributed by atoms with Crippen LogP contribution in [0.3, 0.4) is 0 Å². The van der Waals surface area contributed by atoms with Crippen LogP contribution in [0.25, 0.3) is 0 Å². The van der Waals surface area contributed by atoms with Gasteiger partial charge in [-0.1, -0.05) is 54.8 Å². The van der Waals surface area contributed by atoms with E-state index in [1.165, 1.54) is 24.8 Å². The molecule has 1 nitrogen and oxygen atoms in total. The SMILES string of the molecule is CCC(CC)CC(NC)c1cccc(Br)c1. The van der Waals surface area contributed by atoms with Crippen molar-refractivity contribution in [3.8, 4) is 0 Å². The van der Waals surface area contributed by atoms with Crippen molar-refractivity contribution in [3.63, 3.8) is 0 Å². The Morgan fingerprint density at radius 3 is 2.44 bits per heavy atom. The lowest BCUT2D eigenvalue weighted by Gasteiger charge is -2.22. The molecule has 90 valence electrons. The molecule has 0 saturated carbocycles. The lowest BCUT2D eigenvalue weighted by Crippen LogP contribution is -2.19. The predicted molar refractivity (Wildman–Crippen MR) is 74.6 cm³/mol. The van der Waals surface area contributed by atoms with Gasteiger partial charge in [0.1, 0.15) is 0 Å². The summed E-state index contributed by atoms with van der Waals surface area (Å²) in [6, 6.07) is 9.07. The number of halogens is 1. The molecule has 1 N–H and O–H groups in total. The molecule has 0 aliphatic carbocycles. The van der Waals surface area contributed by atoms with Gasteiger partial charge in [-0.05, 0) is 37.1 Å². The summed E-state index contributed by atoms with van der Waals surface area (Å²) in [6.45, 7) is 4.56. The summed E-state index contributed by atoms with van der Waals surface area (Å²) in [5, 5.41) is 3.42. The minimum atomic E-state index is 0.474. The summed E-state index contributed by atoms with van der Waals surface area (Å²) in [7, 11) is 2.05. The molecule has 0 spiro atoms. The normalized spacial score (nSPS) is 13.1. The highest BCUT2D eigenvalue weighted by Crippen LogP contribution is 2.26. The first-order valence-electron chi connectivity index (χ1n) is 6.13. The van der Waals surface area contributed by atoms with Crippen LogP contribution in [-0.2, 0) is 0 Å². The molecule has 16 heavy (non-hydrogen) atoms. The highest BCUT2D eigenvalue weighted by Gasteiger charge is 2.14. The van der Waals surface area contributed by atoms with Gasteiger partial charge in [0.05, 0.1) is 0 Å². The Morgan fingerprint density at radius 1 is 1.25 bits per heavy atom. The zero-order valence-corrected chi connectivity index (χ0v) is 12.0. The van der Waals surface area contributed by atoms with Crippen molar-refractivity contribution in [1.29, 1.82) is 0 Å². The first kappa shape index (κ1) is 13.7. The van der Waals surface area contributed by atoms with Crippen LogP contribution < -0.4 is 5.32 Å². The molecule has 1 atom stereocenters.